The summed E-state index contributed by atoms with van der Waals surface area (Å²) in [7, 11) is 0. The first-order chi connectivity index (χ1) is 4.66. The second-order valence-electron chi connectivity index (χ2n) is 2.46. The number of carboxylic acids is 1. The molecule has 1 unspecified atom stereocenters. The minimum absolute atomic E-state index is 0.0706. The molecule has 0 aliphatic heterocycles. The summed E-state index contributed by atoms with van der Waals surface area (Å²) < 4.78 is 0. The number of hydrogen-bond acceptors (Lipinski definition) is 2. The van der Waals surface area contributed by atoms with Gasteiger partial charge in [0.1, 0.15) is 0 Å². The quantitative estimate of drug-likeness (QED) is 0.603. The highest BCUT2D eigenvalue weighted by molar-refractivity contribution is 5.69. The monoisotopic (exact) mass is 145 g/mol. The molecule has 0 aromatic carbocycles. The molecule has 0 bridgehead atoms. The summed E-state index contributed by atoms with van der Waals surface area (Å²) in [5, 5.41) is 11.2. The van der Waals surface area contributed by atoms with Crippen LogP contribution in [0.2, 0.25) is 0 Å². The van der Waals surface area contributed by atoms with Crippen LogP contribution in [-0.2, 0) is 4.79 Å². The summed E-state index contributed by atoms with van der Waals surface area (Å²) in [5.74, 6) is -0.789. The molecule has 0 radical (unpaired) electrons. The second-order valence-corrected chi connectivity index (χ2v) is 2.46. The van der Waals surface area contributed by atoms with Gasteiger partial charge >= 0.3 is 5.97 Å². The largest absolute Gasteiger partial charge is 0.480 e. The summed E-state index contributed by atoms with van der Waals surface area (Å²) in [6.45, 7) is 4.15. The Morgan fingerprint density at radius 3 is 2.70 bits per heavy atom. The molecule has 0 rings (SSSR count). The number of nitrogens with one attached hydrogen (secondary N) is 1. The fourth-order valence-corrected chi connectivity index (χ4v) is 0.797. The molecule has 10 heavy (non-hydrogen) atoms. The molecule has 0 fully saturated rings. The van der Waals surface area contributed by atoms with Crippen molar-refractivity contribution < 1.29 is 9.90 Å². The van der Waals surface area contributed by atoms with Crippen molar-refractivity contribution >= 4 is 5.97 Å². The summed E-state index contributed by atoms with van der Waals surface area (Å²) in [4.78, 5) is 10.0. The van der Waals surface area contributed by atoms with Crippen LogP contribution in [0.3, 0.4) is 0 Å². The Balaban J connectivity index is 3.21. The third-order valence-electron chi connectivity index (χ3n) is 1.32. The molecule has 60 valence electrons. The summed E-state index contributed by atoms with van der Waals surface area (Å²) >= 11 is 0. The molecule has 1 atom stereocenters. The molecule has 0 saturated heterocycles. The maximum Gasteiger partial charge on any atom is 0.317 e. The number of carboxylic acid groups (broad SMARTS) is 1. The molecule has 0 aliphatic carbocycles. The summed E-state index contributed by atoms with van der Waals surface area (Å²) in [6.07, 6.45) is 2.13. The van der Waals surface area contributed by atoms with Crippen LogP contribution in [0.4, 0.5) is 0 Å². The van der Waals surface area contributed by atoms with Crippen LogP contribution in [0.25, 0.3) is 0 Å². The fourth-order valence-electron chi connectivity index (χ4n) is 0.797. The van der Waals surface area contributed by atoms with E-state index in [0.29, 0.717) is 6.04 Å². The number of hydrogen-bond donors (Lipinski definition) is 2. The van der Waals surface area contributed by atoms with Gasteiger partial charge in [0.15, 0.2) is 0 Å². The first-order valence-electron chi connectivity index (χ1n) is 3.62. The van der Waals surface area contributed by atoms with E-state index in [2.05, 4.69) is 12.2 Å². The smallest absolute Gasteiger partial charge is 0.317 e. The average molecular weight is 145 g/mol. The Hall–Kier alpha value is -0.570. The van der Waals surface area contributed by atoms with E-state index in [-0.39, 0.29) is 6.54 Å². The van der Waals surface area contributed by atoms with Gasteiger partial charge in [-0.25, -0.2) is 0 Å². The van der Waals surface area contributed by atoms with Crippen molar-refractivity contribution in [1.82, 2.24) is 5.32 Å². The Kier molecular flexibility index (Phi) is 4.94. The zero-order chi connectivity index (χ0) is 7.98. The molecule has 0 aromatic rings. The normalized spacial score (nSPS) is 13.0. The predicted octanol–water partition coefficient (Wildman–Crippen LogP) is 0.849. The molecule has 0 saturated carbocycles. The van der Waals surface area contributed by atoms with E-state index >= 15 is 0 Å². The molecule has 0 heterocycles. The molecule has 3 nitrogen and oxygen atoms in total. The van der Waals surface area contributed by atoms with Gasteiger partial charge in [0.05, 0.1) is 6.54 Å². The molecule has 0 aliphatic rings. The van der Waals surface area contributed by atoms with E-state index in [1.165, 1.54) is 0 Å². The highest BCUT2D eigenvalue weighted by Gasteiger charge is 2.00. The van der Waals surface area contributed by atoms with Crippen molar-refractivity contribution in [1.29, 1.82) is 0 Å². The van der Waals surface area contributed by atoms with Crippen LogP contribution in [-0.4, -0.2) is 23.7 Å². The lowest BCUT2D eigenvalue weighted by Gasteiger charge is -2.09. The standard InChI is InChI=1S/C7H15NO2/c1-3-4-6(2)8-5-7(9)10/h6,8H,3-5H2,1-2H3,(H,9,10). The Bertz CT molecular complexity index is 104. The lowest BCUT2D eigenvalue weighted by Crippen LogP contribution is -2.30. The average Bonchev–Trinajstić information content (AvgIpc) is 1.85. The fraction of sp³-hybridized carbons (Fsp3) is 0.857. The number of rotatable bonds is 5. The molecule has 0 amide bonds. The zero-order valence-corrected chi connectivity index (χ0v) is 6.55. The number of aliphatic carboxylic acids is 1. The van der Waals surface area contributed by atoms with Gasteiger partial charge in [0, 0.05) is 6.04 Å². The van der Waals surface area contributed by atoms with Crippen LogP contribution in [0.1, 0.15) is 26.7 Å². The number of carbonyl (C=O) groups is 1. The van der Waals surface area contributed by atoms with E-state index in [4.69, 9.17) is 5.11 Å². The molecule has 2 N–H and O–H groups in total. The maximum absolute atomic E-state index is 10.0. The van der Waals surface area contributed by atoms with E-state index in [0.717, 1.165) is 12.8 Å². The van der Waals surface area contributed by atoms with Crippen molar-refractivity contribution in [3.8, 4) is 0 Å². The molecular formula is C7H15NO2. The molecule has 3 heteroatoms. The Labute approximate surface area is 61.4 Å². The van der Waals surface area contributed by atoms with Gasteiger partial charge in [-0.1, -0.05) is 13.3 Å². The first kappa shape index (κ1) is 9.43. The summed E-state index contributed by atoms with van der Waals surface area (Å²) in [6, 6.07) is 0.320. The first-order valence-corrected chi connectivity index (χ1v) is 3.62. The summed E-state index contributed by atoms with van der Waals surface area (Å²) in [5.41, 5.74) is 0. The van der Waals surface area contributed by atoms with Gasteiger partial charge in [0.2, 0.25) is 0 Å². The van der Waals surface area contributed by atoms with Crippen LogP contribution in [0.15, 0.2) is 0 Å². The van der Waals surface area contributed by atoms with Gasteiger partial charge in [0.25, 0.3) is 0 Å². The second kappa shape index (κ2) is 5.23. The van der Waals surface area contributed by atoms with Crippen molar-refractivity contribution in [3.63, 3.8) is 0 Å². The minimum atomic E-state index is -0.789. The molecule has 0 spiro atoms. The van der Waals surface area contributed by atoms with Gasteiger partial charge in [-0.05, 0) is 13.3 Å². The topological polar surface area (TPSA) is 49.3 Å². The Morgan fingerprint density at radius 2 is 2.30 bits per heavy atom. The van der Waals surface area contributed by atoms with Crippen molar-refractivity contribution in [2.24, 2.45) is 0 Å². The highest BCUT2D eigenvalue weighted by atomic mass is 16.4. The van der Waals surface area contributed by atoms with Crippen LogP contribution in [0.5, 0.6) is 0 Å². The van der Waals surface area contributed by atoms with E-state index < -0.39 is 5.97 Å². The van der Waals surface area contributed by atoms with Crippen molar-refractivity contribution in [3.05, 3.63) is 0 Å². The molecule has 0 aromatic heterocycles. The van der Waals surface area contributed by atoms with Crippen LogP contribution >= 0.6 is 0 Å². The maximum atomic E-state index is 10.0. The Morgan fingerprint density at radius 1 is 1.70 bits per heavy atom. The van der Waals surface area contributed by atoms with Crippen LogP contribution in [0, 0.1) is 0 Å². The third kappa shape index (κ3) is 5.56. The lowest BCUT2D eigenvalue weighted by molar-refractivity contribution is -0.136. The predicted molar refractivity (Wildman–Crippen MR) is 40.0 cm³/mol. The van der Waals surface area contributed by atoms with E-state index in [9.17, 15) is 4.79 Å². The van der Waals surface area contributed by atoms with Crippen molar-refractivity contribution in [2.75, 3.05) is 6.54 Å². The van der Waals surface area contributed by atoms with Crippen molar-refractivity contribution in [2.45, 2.75) is 32.7 Å². The van der Waals surface area contributed by atoms with Gasteiger partial charge in [-0.15, -0.1) is 0 Å². The lowest BCUT2D eigenvalue weighted by atomic mass is 10.2. The van der Waals surface area contributed by atoms with E-state index in [1.54, 1.807) is 0 Å². The van der Waals surface area contributed by atoms with E-state index in [1.807, 2.05) is 6.92 Å². The van der Waals surface area contributed by atoms with Gasteiger partial charge < -0.3 is 10.4 Å². The van der Waals surface area contributed by atoms with Crippen LogP contribution < -0.4 is 5.32 Å². The van der Waals surface area contributed by atoms with Gasteiger partial charge in [-0.2, -0.15) is 0 Å². The van der Waals surface area contributed by atoms with Gasteiger partial charge in [-0.3, -0.25) is 4.79 Å². The highest BCUT2D eigenvalue weighted by Crippen LogP contribution is 1.93. The third-order valence-corrected chi connectivity index (χ3v) is 1.32. The minimum Gasteiger partial charge on any atom is -0.480 e. The SMILES string of the molecule is CCCC(C)NCC(=O)O. The molecular weight excluding hydrogens is 130 g/mol. The zero-order valence-electron chi connectivity index (χ0n) is 6.55.